The Hall–Kier alpha value is -2.31. The third-order valence-electron chi connectivity index (χ3n) is 2.79. The van der Waals surface area contributed by atoms with Crippen molar-refractivity contribution in [3.8, 4) is 17.9 Å². The van der Waals surface area contributed by atoms with Crippen LogP contribution in [0.2, 0.25) is 0 Å². The monoisotopic (exact) mass is 386 g/mol. The second kappa shape index (κ2) is 7.47. The van der Waals surface area contributed by atoms with Gasteiger partial charge in [-0.1, -0.05) is 30.3 Å². The zero-order valence-corrected chi connectivity index (χ0v) is 13.2. The molecule has 0 amide bonds. The van der Waals surface area contributed by atoms with Crippen LogP contribution in [0.15, 0.2) is 48.5 Å². The second-order valence-electron chi connectivity index (χ2n) is 4.16. The summed E-state index contributed by atoms with van der Waals surface area (Å²) in [6.07, 6.45) is 1.77. The smallest absolute Gasteiger partial charge is 0.174 e. The average Bonchev–Trinajstić information content (AvgIpc) is 2.52. The highest BCUT2D eigenvalue weighted by Gasteiger charge is 2.05. The van der Waals surface area contributed by atoms with Gasteiger partial charge < -0.3 is 4.74 Å². The molecular formula is C17H11IN2O. The van der Waals surface area contributed by atoms with Crippen LogP contribution >= 0.6 is 22.6 Å². The van der Waals surface area contributed by atoms with Crippen molar-refractivity contribution in [2.24, 2.45) is 0 Å². The van der Waals surface area contributed by atoms with E-state index in [0.717, 1.165) is 14.7 Å². The van der Waals surface area contributed by atoms with Gasteiger partial charge in [0, 0.05) is 9.13 Å². The molecule has 0 aromatic heterocycles. The Morgan fingerprint density at radius 3 is 2.48 bits per heavy atom. The molecule has 0 N–H and O–H groups in total. The molecule has 0 aliphatic rings. The lowest BCUT2D eigenvalue weighted by Crippen LogP contribution is -1.95. The largest absolute Gasteiger partial charge is 0.478 e. The zero-order chi connectivity index (χ0) is 15.1. The topological polar surface area (TPSA) is 56.8 Å². The highest BCUT2D eigenvalue weighted by Crippen LogP contribution is 2.24. The Morgan fingerprint density at radius 1 is 1.10 bits per heavy atom. The molecule has 0 saturated heterocycles. The van der Waals surface area contributed by atoms with Gasteiger partial charge in [0.2, 0.25) is 0 Å². The first kappa shape index (κ1) is 15.1. The highest BCUT2D eigenvalue weighted by molar-refractivity contribution is 14.1. The summed E-state index contributed by atoms with van der Waals surface area (Å²) in [6, 6.07) is 19.2. The summed E-state index contributed by atoms with van der Waals surface area (Å²) in [6.45, 7) is -0.0176. The Bertz CT molecular complexity index is 737. The number of nitrogens with zero attached hydrogens (tertiary/aromatic N) is 2. The maximum absolute atomic E-state index is 9.36. The van der Waals surface area contributed by atoms with Gasteiger partial charge in [-0.3, -0.25) is 0 Å². The van der Waals surface area contributed by atoms with Crippen LogP contribution in [0.25, 0.3) is 11.6 Å². The molecule has 3 nitrogen and oxygen atoms in total. The molecule has 2 aromatic rings. The predicted molar refractivity (Wildman–Crippen MR) is 90.2 cm³/mol. The van der Waals surface area contributed by atoms with E-state index in [2.05, 4.69) is 28.7 Å². The number of rotatable bonds is 4. The summed E-state index contributed by atoms with van der Waals surface area (Å²) in [7, 11) is 0. The highest BCUT2D eigenvalue weighted by atomic mass is 127. The number of nitriles is 2. The van der Waals surface area contributed by atoms with Gasteiger partial charge in [-0.25, -0.2) is 0 Å². The molecule has 0 bridgehead atoms. The van der Waals surface area contributed by atoms with Crippen LogP contribution < -0.4 is 4.74 Å². The van der Waals surface area contributed by atoms with Gasteiger partial charge in [-0.2, -0.15) is 10.5 Å². The molecule has 21 heavy (non-hydrogen) atoms. The summed E-state index contributed by atoms with van der Waals surface area (Å²) >= 11 is 2.22. The van der Waals surface area contributed by atoms with Gasteiger partial charge in [-0.05, 0) is 52.4 Å². The molecule has 0 saturated carbocycles. The summed E-state index contributed by atoms with van der Waals surface area (Å²) in [4.78, 5) is 0. The first-order valence-electron chi connectivity index (χ1n) is 6.21. The maximum atomic E-state index is 9.36. The fraction of sp³-hybridized carbons (Fsp3) is 0.0588. The van der Waals surface area contributed by atoms with Crippen LogP contribution in [0, 0.1) is 26.2 Å². The van der Waals surface area contributed by atoms with Gasteiger partial charge in [0.15, 0.2) is 6.61 Å². The molecule has 0 fully saturated rings. The molecule has 0 heterocycles. The van der Waals surface area contributed by atoms with Gasteiger partial charge in [-0.15, -0.1) is 0 Å². The Morgan fingerprint density at radius 2 is 1.81 bits per heavy atom. The zero-order valence-electron chi connectivity index (χ0n) is 11.1. The minimum atomic E-state index is -0.0176. The van der Waals surface area contributed by atoms with Gasteiger partial charge in [0.25, 0.3) is 0 Å². The first-order valence-corrected chi connectivity index (χ1v) is 7.29. The molecule has 0 atom stereocenters. The first-order chi connectivity index (χ1) is 10.2. The second-order valence-corrected chi connectivity index (χ2v) is 5.41. The predicted octanol–water partition coefficient (Wildman–Crippen LogP) is 4.26. The van der Waals surface area contributed by atoms with Gasteiger partial charge in [0.05, 0.1) is 11.6 Å². The van der Waals surface area contributed by atoms with E-state index in [4.69, 9.17) is 10.00 Å². The Kier molecular flexibility index (Phi) is 5.36. The lowest BCUT2D eigenvalue weighted by molar-refractivity contribution is 0.367. The van der Waals surface area contributed by atoms with E-state index in [9.17, 15) is 5.26 Å². The normalized spacial score (nSPS) is 10.5. The van der Waals surface area contributed by atoms with E-state index in [1.54, 1.807) is 12.1 Å². The molecule has 4 heteroatoms. The Labute approximate surface area is 137 Å². The maximum Gasteiger partial charge on any atom is 0.174 e. The minimum Gasteiger partial charge on any atom is -0.478 e. The molecule has 0 spiro atoms. The van der Waals surface area contributed by atoms with E-state index in [-0.39, 0.29) is 6.61 Å². The number of allylic oxidation sites excluding steroid dienone is 1. The molecular weight excluding hydrogens is 375 g/mol. The van der Waals surface area contributed by atoms with E-state index in [1.165, 1.54) is 0 Å². The molecule has 0 aliphatic heterocycles. The summed E-state index contributed by atoms with van der Waals surface area (Å²) in [5, 5.41) is 18.0. The molecule has 102 valence electrons. The van der Waals surface area contributed by atoms with Gasteiger partial charge in [0.1, 0.15) is 11.8 Å². The van der Waals surface area contributed by atoms with Crippen LogP contribution in [-0.2, 0) is 0 Å². The van der Waals surface area contributed by atoms with Crippen molar-refractivity contribution in [2.75, 3.05) is 6.61 Å². The number of hydrogen-bond donors (Lipinski definition) is 0. The SMILES string of the molecule is N#CCOc1ccccc1/C=C(/C#N)c1ccc(I)cc1. The lowest BCUT2D eigenvalue weighted by atomic mass is 10.0. The van der Waals surface area contributed by atoms with Gasteiger partial charge >= 0.3 is 0 Å². The Balaban J connectivity index is 2.39. The van der Waals surface area contributed by atoms with Crippen molar-refractivity contribution in [2.45, 2.75) is 0 Å². The third-order valence-corrected chi connectivity index (χ3v) is 3.51. The van der Waals surface area contributed by atoms with Crippen LogP contribution in [-0.4, -0.2) is 6.61 Å². The average molecular weight is 386 g/mol. The minimum absolute atomic E-state index is 0.0176. The molecule has 2 rings (SSSR count). The van der Waals surface area contributed by atoms with E-state index in [1.807, 2.05) is 48.5 Å². The number of benzene rings is 2. The van der Waals surface area contributed by atoms with Crippen LogP contribution in [0.1, 0.15) is 11.1 Å². The van der Waals surface area contributed by atoms with Crippen molar-refractivity contribution in [1.29, 1.82) is 10.5 Å². The summed E-state index contributed by atoms with van der Waals surface area (Å²) in [5.41, 5.74) is 2.19. The van der Waals surface area contributed by atoms with E-state index < -0.39 is 0 Å². The van der Waals surface area contributed by atoms with Crippen molar-refractivity contribution >= 4 is 34.2 Å². The number of ether oxygens (including phenoxy) is 1. The fourth-order valence-electron chi connectivity index (χ4n) is 1.81. The van der Waals surface area contributed by atoms with Crippen molar-refractivity contribution in [3.63, 3.8) is 0 Å². The summed E-state index contributed by atoms with van der Waals surface area (Å²) < 4.78 is 6.49. The van der Waals surface area contributed by atoms with Crippen molar-refractivity contribution < 1.29 is 4.74 Å². The summed E-state index contributed by atoms with van der Waals surface area (Å²) in [5.74, 6) is 0.595. The quantitative estimate of drug-likeness (QED) is 0.448. The van der Waals surface area contributed by atoms with Crippen LogP contribution in [0.4, 0.5) is 0 Å². The van der Waals surface area contributed by atoms with Crippen molar-refractivity contribution in [3.05, 3.63) is 63.2 Å². The van der Waals surface area contributed by atoms with Crippen LogP contribution in [0.3, 0.4) is 0 Å². The number of hydrogen-bond acceptors (Lipinski definition) is 3. The standard InChI is InChI=1S/C17H11IN2O/c18-16-7-5-13(6-8-16)15(12-20)11-14-3-1-2-4-17(14)21-10-9-19/h1-8,11H,10H2/b15-11-. The lowest BCUT2D eigenvalue weighted by Gasteiger charge is -2.06. The van der Waals surface area contributed by atoms with Crippen molar-refractivity contribution in [1.82, 2.24) is 0 Å². The molecule has 0 radical (unpaired) electrons. The number of halogens is 1. The fourth-order valence-corrected chi connectivity index (χ4v) is 2.17. The van der Waals surface area contributed by atoms with E-state index in [0.29, 0.717) is 11.3 Å². The van der Waals surface area contributed by atoms with E-state index >= 15 is 0 Å². The van der Waals surface area contributed by atoms with Crippen LogP contribution in [0.5, 0.6) is 5.75 Å². The molecule has 0 unspecified atom stereocenters. The third kappa shape index (κ3) is 4.08. The molecule has 2 aromatic carbocycles. The molecule has 0 aliphatic carbocycles. The number of para-hydroxylation sites is 1.